The normalized spacial score (nSPS) is 11.9. The molecule has 0 amide bonds. The van der Waals surface area contributed by atoms with Crippen LogP contribution in [0.5, 0.6) is 0 Å². The van der Waals surface area contributed by atoms with E-state index < -0.39 is 13.1 Å². The molecule has 0 saturated carbocycles. The van der Waals surface area contributed by atoms with Crippen molar-refractivity contribution in [3.63, 3.8) is 0 Å². The van der Waals surface area contributed by atoms with E-state index >= 15 is 0 Å². The topological polar surface area (TPSA) is 54.4 Å². The second-order valence-corrected chi connectivity index (χ2v) is 6.76. The van der Waals surface area contributed by atoms with Gasteiger partial charge in [-0.25, -0.2) is 4.79 Å². The molecule has 0 radical (unpaired) electrons. The summed E-state index contributed by atoms with van der Waals surface area (Å²) >= 11 is 0. The molecule has 80 valence electrons. The van der Waals surface area contributed by atoms with Crippen LogP contribution in [-0.2, 0) is 9.36 Å². The first-order chi connectivity index (χ1) is 6.91. The fourth-order valence-corrected chi connectivity index (χ4v) is 2.50. The summed E-state index contributed by atoms with van der Waals surface area (Å²) in [6.07, 6.45) is 2.52. The van der Waals surface area contributed by atoms with Crippen molar-refractivity contribution in [2.75, 3.05) is 13.3 Å². The molecule has 0 unspecified atom stereocenters. The molecule has 1 rings (SSSR count). The molecule has 4 heteroatoms. The summed E-state index contributed by atoms with van der Waals surface area (Å²) in [6.45, 7) is 3.33. The number of carboxylic acid groups (broad SMARTS) is 1. The summed E-state index contributed by atoms with van der Waals surface area (Å²) in [6, 6.07) is 7.12. The first kappa shape index (κ1) is 11.7. The third kappa shape index (κ3) is 3.37. The molecule has 0 aliphatic rings. The molecule has 1 N–H and O–H groups in total. The summed E-state index contributed by atoms with van der Waals surface area (Å²) in [5.74, 6) is -1.01. The van der Waals surface area contributed by atoms with Crippen molar-refractivity contribution >= 4 is 24.5 Å². The number of benzene rings is 1. The molecule has 0 saturated heterocycles. The molecule has 15 heavy (non-hydrogen) atoms. The standard InChI is InChI=1S/C11H13O3P/c1-15(2,14)10-6-4-3-5-9(10)7-8-11(12)13/h3-8H,1-2H3,(H,12,13)/b8-7+. The van der Waals surface area contributed by atoms with E-state index in [9.17, 15) is 9.36 Å². The predicted molar refractivity (Wildman–Crippen MR) is 62.2 cm³/mol. The summed E-state index contributed by atoms with van der Waals surface area (Å²) in [4.78, 5) is 10.4. The van der Waals surface area contributed by atoms with E-state index in [2.05, 4.69) is 0 Å². The average molecular weight is 224 g/mol. The van der Waals surface area contributed by atoms with Crippen LogP contribution in [-0.4, -0.2) is 24.4 Å². The second kappa shape index (κ2) is 4.45. The Morgan fingerprint density at radius 1 is 1.33 bits per heavy atom. The largest absolute Gasteiger partial charge is 0.478 e. The zero-order chi connectivity index (χ0) is 11.5. The van der Waals surface area contributed by atoms with Gasteiger partial charge in [0, 0.05) is 11.4 Å². The van der Waals surface area contributed by atoms with Crippen LogP contribution in [0.3, 0.4) is 0 Å². The van der Waals surface area contributed by atoms with Crippen molar-refractivity contribution in [2.24, 2.45) is 0 Å². The van der Waals surface area contributed by atoms with Crippen molar-refractivity contribution in [1.29, 1.82) is 0 Å². The molecule has 0 aliphatic carbocycles. The Hall–Kier alpha value is -1.34. The molecule has 0 heterocycles. The highest BCUT2D eigenvalue weighted by atomic mass is 31.2. The highest BCUT2D eigenvalue weighted by Gasteiger charge is 2.13. The molecular formula is C11H13O3P. The van der Waals surface area contributed by atoms with Crippen LogP contribution < -0.4 is 5.30 Å². The van der Waals surface area contributed by atoms with Crippen LogP contribution in [0.4, 0.5) is 0 Å². The van der Waals surface area contributed by atoms with E-state index in [0.29, 0.717) is 10.9 Å². The van der Waals surface area contributed by atoms with Gasteiger partial charge < -0.3 is 9.67 Å². The Labute approximate surface area is 88.8 Å². The van der Waals surface area contributed by atoms with E-state index in [1.165, 1.54) is 6.08 Å². The van der Waals surface area contributed by atoms with Crippen LogP contribution in [0.2, 0.25) is 0 Å². The van der Waals surface area contributed by atoms with Crippen LogP contribution in [0.15, 0.2) is 30.3 Å². The Balaban J connectivity index is 3.19. The van der Waals surface area contributed by atoms with Gasteiger partial charge in [0.2, 0.25) is 0 Å². The third-order valence-corrected chi connectivity index (χ3v) is 3.49. The second-order valence-electron chi connectivity index (χ2n) is 3.58. The molecule has 0 atom stereocenters. The molecule has 0 bridgehead atoms. The Morgan fingerprint density at radius 2 is 1.93 bits per heavy atom. The average Bonchev–Trinajstić information content (AvgIpc) is 2.13. The fraction of sp³-hybridized carbons (Fsp3) is 0.182. The van der Waals surface area contributed by atoms with E-state index in [1.807, 2.05) is 0 Å². The number of carbonyl (C=O) groups is 1. The van der Waals surface area contributed by atoms with Crippen molar-refractivity contribution in [3.05, 3.63) is 35.9 Å². The first-order valence-corrected chi connectivity index (χ1v) is 7.07. The molecule has 0 fully saturated rings. The van der Waals surface area contributed by atoms with Crippen molar-refractivity contribution in [2.45, 2.75) is 0 Å². The maximum atomic E-state index is 11.9. The number of hydrogen-bond acceptors (Lipinski definition) is 2. The van der Waals surface area contributed by atoms with Crippen molar-refractivity contribution < 1.29 is 14.5 Å². The number of hydrogen-bond donors (Lipinski definition) is 1. The molecule has 0 aromatic heterocycles. The lowest BCUT2D eigenvalue weighted by Gasteiger charge is -2.09. The van der Waals surface area contributed by atoms with Crippen molar-refractivity contribution in [1.82, 2.24) is 0 Å². The smallest absolute Gasteiger partial charge is 0.328 e. The summed E-state index contributed by atoms with van der Waals surface area (Å²) in [5.41, 5.74) is 0.702. The number of carboxylic acids is 1. The Morgan fingerprint density at radius 3 is 2.47 bits per heavy atom. The predicted octanol–water partition coefficient (Wildman–Crippen LogP) is 2.03. The van der Waals surface area contributed by atoms with E-state index in [1.54, 1.807) is 37.6 Å². The third-order valence-electron chi connectivity index (χ3n) is 1.92. The minimum atomic E-state index is -2.36. The quantitative estimate of drug-likeness (QED) is 0.631. The van der Waals surface area contributed by atoms with Gasteiger partial charge in [-0.3, -0.25) is 0 Å². The van der Waals surface area contributed by atoms with Gasteiger partial charge in [0.05, 0.1) is 0 Å². The molecule has 3 nitrogen and oxygen atoms in total. The van der Waals surface area contributed by atoms with Gasteiger partial charge in [-0.15, -0.1) is 0 Å². The van der Waals surface area contributed by atoms with Gasteiger partial charge in [0.25, 0.3) is 0 Å². The SMILES string of the molecule is CP(C)(=O)c1ccccc1/C=C/C(=O)O. The highest BCUT2D eigenvalue weighted by molar-refractivity contribution is 7.70. The van der Waals surface area contributed by atoms with E-state index in [-0.39, 0.29) is 0 Å². The van der Waals surface area contributed by atoms with Crippen LogP contribution in [0.25, 0.3) is 6.08 Å². The van der Waals surface area contributed by atoms with Crippen molar-refractivity contribution in [3.8, 4) is 0 Å². The molecule has 0 spiro atoms. The Kier molecular flexibility index (Phi) is 3.48. The molecule has 1 aromatic carbocycles. The van der Waals surface area contributed by atoms with Gasteiger partial charge in [0.15, 0.2) is 0 Å². The van der Waals surface area contributed by atoms with Gasteiger partial charge in [-0.1, -0.05) is 24.3 Å². The van der Waals surface area contributed by atoms with Gasteiger partial charge in [-0.05, 0) is 25.0 Å². The fourth-order valence-electron chi connectivity index (χ4n) is 1.28. The highest BCUT2D eigenvalue weighted by Crippen LogP contribution is 2.36. The van der Waals surface area contributed by atoms with Gasteiger partial charge >= 0.3 is 5.97 Å². The minimum absolute atomic E-state index is 0.702. The zero-order valence-electron chi connectivity index (χ0n) is 8.68. The lowest BCUT2D eigenvalue weighted by molar-refractivity contribution is -0.131. The van der Waals surface area contributed by atoms with E-state index in [4.69, 9.17) is 5.11 Å². The maximum Gasteiger partial charge on any atom is 0.328 e. The van der Waals surface area contributed by atoms with Gasteiger partial charge in [0.1, 0.15) is 7.14 Å². The molecular weight excluding hydrogens is 211 g/mol. The lowest BCUT2D eigenvalue weighted by atomic mass is 10.2. The molecule has 0 aliphatic heterocycles. The summed E-state index contributed by atoms with van der Waals surface area (Å²) < 4.78 is 11.9. The van der Waals surface area contributed by atoms with Crippen LogP contribution >= 0.6 is 7.14 Å². The molecule has 1 aromatic rings. The number of rotatable bonds is 3. The minimum Gasteiger partial charge on any atom is -0.478 e. The van der Waals surface area contributed by atoms with Crippen LogP contribution in [0.1, 0.15) is 5.56 Å². The van der Waals surface area contributed by atoms with Crippen LogP contribution in [0, 0.1) is 0 Å². The Bertz CT molecular complexity index is 443. The van der Waals surface area contributed by atoms with E-state index in [0.717, 1.165) is 6.08 Å². The maximum absolute atomic E-state index is 11.9. The zero-order valence-corrected chi connectivity index (χ0v) is 9.57. The monoisotopic (exact) mass is 224 g/mol. The lowest BCUT2D eigenvalue weighted by Crippen LogP contribution is -2.06. The first-order valence-electron chi connectivity index (χ1n) is 4.47. The number of aliphatic carboxylic acids is 1. The summed E-state index contributed by atoms with van der Waals surface area (Å²) in [7, 11) is -2.36. The summed E-state index contributed by atoms with van der Waals surface area (Å²) in [5, 5.41) is 9.22. The van der Waals surface area contributed by atoms with Gasteiger partial charge in [-0.2, -0.15) is 0 Å².